The SMILES string of the molecule is CC[C@](N)(C/C=C\CCNCC=N)C(=O)O. The number of nitrogens with two attached hydrogens (primary N) is 1. The third-order valence-electron chi connectivity index (χ3n) is 2.44. The van der Waals surface area contributed by atoms with Gasteiger partial charge in [-0.1, -0.05) is 19.1 Å². The van der Waals surface area contributed by atoms with Gasteiger partial charge in [-0.05, 0) is 25.8 Å². The fourth-order valence-corrected chi connectivity index (χ4v) is 1.15. The van der Waals surface area contributed by atoms with Crippen molar-refractivity contribution in [1.82, 2.24) is 5.32 Å². The zero-order valence-electron chi connectivity index (χ0n) is 9.70. The van der Waals surface area contributed by atoms with Gasteiger partial charge >= 0.3 is 5.97 Å². The van der Waals surface area contributed by atoms with Gasteiger partial charge in [0.2, 0.25) is 0 Å². The minimum absolute atomic E-state index is 0.351. The zero-order chi connectivity index (χ0) is 12.4. The van der Waals surface area contributed by atoms with Gasteiger partial charge < -0.3 is 21.6 Å². The number of nitrogens with one attached hydrogen (secondary N) is 2. The van der Waals surface area contributed by atoms with Crippen LogP contribution in [0.5, 0.6) is 0 Å². The molecule has 0 heterocycles. The van der Waals surface area contributed by atoms with Gasteiger partial charge in [0.25, 0.3) is 0 Å². The highest BCUT2D eigenvalue weighted by Gasteiger charge is 2.29. The maximum Gasteiger partial charge on any atom is 0.323 e. The quantitative estimate of drug-likeness (QED) is 0.265. The van der Waals surface area contributed by atoms with Crippen LogP contribution in [0.2, 0.25) is 0 Å². The number of carboxylic acids is 1. The molecule has 0 radical (unpaired) electrons. The highest BCUT2D eigenvalue weighted by atomic mass is 16.4. The Kier molecular flexibility index (Phi) is 7.41. The summed E-state index contributed by atoms with van der Waals surface area (Å²) >= 11 is 0. The Labute approximate surface area is 96.2 Å². The Morgan fingerprint density at radius 2 is 2.25 bits per heavy atom. The standard InChI is InChI=1S/C11H21N3O2/c1-2-11(13,10(15)16)6-4-3-5-8-14-9-7-12/h3-4,7,12,14H,2,5-6,8-9,13H2,1H3,(H,15,16)/b4-3-,12-7?/t11-/m0/s1. The fourth-order valence-electron chi connectivity index (χ4n) is 1.15. The molecule has 0 saturated carbocycles. The van der Waals surface area contributed by atoms with Crippen molar-refractivity contribution in [3.05, 3.63) is 12.2 Å². The first-order valence-electron chi connectivity index (χ1n) is 5.43. The lowest BCUT2D eigenvalue weighted by Crippen LogP contribution is -2.46. The molecule has 5 N–H and O–H groups in total. The number of hydrogen-bond acceptors (Lipinski definition) is 4. The van der Waals surface area contributed by atoms with Crippen LogP contribution >= 0.6 is 0 Å². The van der Waals surface area contributed by atoms with Crippen molar-refractivity contribution in [2.75, 3.05) is 13.1 Å². The summed E-state index contributed by atoms with van der Waals surface area (Å²) in [5.74, 6) is -0.957. The molecule has 0 aromatic carbocycles. The number of hydrogen-bond donors (Lipinski definition) is 4. The lowest BCUT2D eigenvalue weighted by Gasteiger charge is -2.20. The molecule has 0 saturated heterocycles. The summed E-state index contributed by atoms with van der Waals surface area (Å²) in [6.45, 7) is 3.12. The van der Waals surface area contributed by atoms with E-state index in [0.29, 0.717) is 19.4 Å². The molecule has 0 fully saturated rings. The lowest BCUT2D eigenvalue weighted by molar-refractivity contribution is -0.143. The maximum atomic E-state index is 10.9. The van der Waals surface area contributed by atoms with Crippen LogP contribution in [0.1, 0.15) is 26.2 Å². The molecule has 0 amide bonds. The van der Waals surface area contributed by atoms with Crippen molar-refractivity contribution in [2.45, 2.75) is 31.7 Å². The van der Waals surface area contributed by atoms with Crippen molar-refractivity contribution in [2.24, 2.45) is 5.73 Å². The average Bonchev–Trinajstić information content (AvgIpc) is 2.27. The van der Waals surface area contributed by atoms with Crippen LogP contribution in [0.25, 0.3) is 0 Å². The first kappa shape index (κ1) is 14.8. The summed E-state index contributed by atoms with van der Waals surface area (Å²) in [5, 5.41) is 18.7. The van der Waals surface area contributed by atoms with E-state index in [0.717, 1.165) is 13.0 Å². The molecule has 16 heavy (non-hydrogen) atoms. The molecular weight excluding hydrogens is 206 g/mol. The van der Waals surface area contributed by atoms with Crippen molar-refractivity contribution < 1.29 is 9.90 Å². The molecule has 5 nitrogen and oxygen atoms in total. The third kappa shape index (κ3) is 5.63. The van der Waals surface area contributed by atoms with Gasteiger partial charge in [-0.2, -0.15) is 0 Å². The van der Waals surface area contributed by atoms with E-state index < -0.39 is 11.5 Å². The van der Waals surface area contributed by atoms with E-state index in [1.165, 1.54) is 6.21 Å². The first-order chi connectivity index (χ1) is 7.56. The van der Waals surface area contributed by atoms with Crippen LogP contribution in [0.3, 0.4) is 0 Å². The van der Waals surface area contributed by atoms with Gasteiger partial charge in [0, 0.05) is 12.8 Å². The van der Waals surface area contributed by atoms with E-state index in [4.69, 9.17) is 16.2 Å². The van der Waals surface area contributed by atoms with Crippen LogP contribution in [0.4, 0.5) is 0 Å². The summed E-state index contributed by atoms with van der Waals surface area (Å²) in [5.41, 5.74) is 4.57. The van der Waals surface area contributed by atoms with E-state index in [1.54, 1.807) is 6.92 Å². The summed E-state index contributed by atoms with van der Waals surface area (Å²) in [6, 6.07) is 0. The molecular formula is C11H21N3O2. The summed E-state index contributed by atoms with van der Waals surface area (Å²) in [7, 11) is 0. The van der Waals surface area contributed by atoms with Gasteiger partial charge in [-0.3, -0.25) is 4.79 Å². The smallest absolute Gasteiger partial charge is 0.323 e. The number of aliphatic carboxylic acids is 1. The Hall–Kier alpha value is -1.20. The topological polar surface area (TPSA) is 99.2 Å². The molecule has 0 unspecified atom stereocenters. The van der Waals surface area contributed by atoms with E-state index in [9.17, 15) is 4.79 Å². The third-order valence-corrected chi connectivity index (χ3v) is 2.44. The first-order valence-corrected chi connectivity index (χ1v) is 5.43. The summed E-state index contributed by atoms with van der Waals surface area (Å²) in [6.07, 6.45) is 6.60. The largest absolute Gasteiger partial charge is 0.480 e. The maximum absolute atomic E-state index is 10.9. The Morgan fingerprint density at radius 3 is 2.75 bits per heavy atom. The van der Waals surface area contributed by atoms with Crippen LogP contribution in [-0.2, 0) is 4.79 Å². The van der Waals surface area contributed by atoms with Gasteiger partial charge in [0.1, 0.15) is 5.54 Å². The second-order valence-corrected chi connectivity index (χ2v) is 3.69. The Balaban J connectivity index is 3.80. The molecule has 92 valence electrons. The van der Waals surface area contributed by atoms with Crippen molar-refractivity contribution in [1.29, 1.82) is 5.41 Å². The van der Waals surface area contributed by atoms with Crippen LogP contribution in [0.15, 0.2) is 12.2 Å². The van der Waals surface area contributed by atoms with Gasteiger partial charge in [-0.25, -0.2) is 0 Å². The molecule has 0 aliphatic heterocycles. The predicted octanol–water partition coefficient (Wildman–Crippen LogP) is 0.754. The van der Waals surface area contributed by atoms with Crippen LogP contribution in [0, 0.1) is 5.41 Å². The average molecular weight is 227 g/mol. The normalized spacial score (nSPS) is 14.9. The molecule has 0 aliphatic carbocycles. The summed E-state index contributed by atoms with van der Waals surface area (Å²) < 4.78 is 0. The molecule has 0 aromatic heterocycles. The van der Waals surface area contributed by atoms with Gasteiger partial charge in [-0.15, -0.1) is 0 Å². The van der Waals surface area contributed by atoms with Crippen LogP contribution < -0.4 is 11.1 Å². The summed E-state index contributed by atoms with van der Waals surface area (Å²) in [4.78, 5) is 10.9. The molecule has 0 spiro atoms. The van der Waals surface area contributed by atoms with E-state index in [2.05, 4.69) is 5.32 Å². The van der Waals surface area contributed by atoms with E-state index in [-0.39, 0.29) is 0 Å². The lowest BCUT2D eigenvalue weighted by atomic mass is 9.93. The van der Waals surface area contributed by atoms with Crippen molar-refractivity contribution >= 4 is 12.2 Å². The Morgan fingerprint density at radius 1 is 1.56 bits per heavy atom. The zero-order valence-corrected chi connectivity index (χ0v) is 9.70. The van der Waals surface area contributed by atoms with Gasteiger partial charge in [0.15, 0.2) is 0 Å². The molecule has 1 atom stereocenters. The monoisotopic (exact) mass is 227 g/mol. The molecule has 0 aromatic rings. The van der Waals surface area contributed by atoms with Crippen molar-refractivity contribution in [3.63, 3.8) is 0 Å². The van der Waals surface area contributed by atoms with Crippen molar-refractivity contribution in [3.8, 4) is 0 Å². The highest BCUT2D eigenvalue weighted by Crippen LogP contribution is 2.12. The minimum Gasteiger partial charge on any atom is -0.480 e. The predicted molar refractivity (Wildman–Crippen MR) is 64.9 cm³/mol. The number of carboxylic acid groups (broad SMARTS) is 1. The highest BCUT2D eigenvalue weighted by molar-refractivity contribution is 5.78. The van der Waals surface area contributed by atoms with Crippen LogP contribution in [-0.4, -0.2) is 35.9 Å². The molecule has 5 heteroatoms. The molecule has 0 bridgehead atoms. The molecule has 0 aliphatic rings. The van der Waals surface area contributed by atoms with E-state index in [1.807, 2.05) is 12.2 Å². The Bertz CT molecular complexity index is 254. The fraction of sp³-hybridized carbons (Fsp3) is 0.636. The number of carbonyl (C=O) groups is 1. The van der Waals surface area contributed by atoms with E-state index >= 15 is 0 Å². The second kappa shape index (κ2) is 8.01. The van der Waals surface area contributed by atoms with Gasteiger partial charge in [0.05, 0.1) is 0 Å². The minimum atomic E-state index is -1.14. The molecule has 0 rings (SSSR count). The number of rotatable bonds is 9. The second-order valence-electron chi connectivity index (χ2n) is 3.69.